The molecular weight excluding hydrogens is 294 g/mol. The van der Waals surface area contributed by atoms with Crippen molar-refractivity contribution in [3.63, 3.8) is 0 Å². The predicted octanol–water partition coefficient (Wildman–Crippen LogP) is 2.83. The van der Waals surface area contributed by atoms with Gasteiger partial charge in [0, 0.05) is 13.0 Å². The van der Waals surface area contributed by atoms with Crippen LogP contribution in [0.15, 0.2) is 18.2 Å². The number of nitrogens with one attached hydrogen (secondary N) is 2. The van der Waals surface area contributed by atoms with Crippen molar-refractivity contribution in [3.8, 4) is 6.07 Å². The van der Waals surface area contributed by atoms with Gasteiger partial charge >= 0.3 is 12.0 Å². The normalized spacial score (nSPS) is 11.3. The highest BCUT2D eigenvalue weighted by Crippen LogP contribution is 2.22. The van der Waals surface area contributed by atoms with E-state index < -0.39 is 12.0 Å². The van der Waals surface area contributed by atoms with Crippen molar-refractivity contribution >= 4 is 29.3 Å². The summed E-state index contributed by atoms with van der Waals surface area (Å²) >= 11 is 5.94. The summed E-state index contributed by atoms with van der Waals surface area (Å²) in [5.74, 6) is -1.01. The summed E-state index contributed by atoms with van der Waals surface area (Å²) in [7, 11) is 0. The lowest BCUT2D eigenvalue weighted by Crippen LogP contribution is -2.33. The molecule has 0 aliphatic carbocycles. The van der Waals surface area contributed by atoms with E-state index in [4.69, 9.17) is 22.0 Å². The summed E-state index contributed by atoms with van der Waals surface area (Å²) < 4.78 is 0. The van der Waals surface area contributed by atoms with Gasteiger partial charge in [0.05, 0.1) is 22.3 Å². The van der Waals surface area contributed by atoms with Crippen molar-refractivity contribution in [2.75, 3.05) is 11.9 Å². The zero-order valence-corrected chi connectivity index (χ0v) is 12.3. The first-order valence-corrected chi connectivity index (χ1v) is 6.80. The summed E-state index contributed by atoms with van der Waals surface area (Å²) in [5, 5.41) is 22.9. The van der Waals surface area contributed by atoms with Crippen molar-refractivity contribution in [1.29, 1.82) is 5.26 Å². The van der Waals surface area contributed by atoms with E-state index in [9.17, 15) is 9.59 Å². The number of aliphatic carboxylic acids is 1. The van der Waals surface area contributed by atoms with Gasteiger partial charge < -0.3 is 15.7 Å². The van der Waals surface area contributed by atoms with Gasteiger partial charge in [0.1, 0.15) is 0 Å². The maximum atomic E-state index is 11.7. The highest BCUT2D eigenvalue weighted by molar-refractivity contribution is 6.33. The van der Waals surface area contributed by atoms with Crippen LogP contribution in [0, 0.1) is 17.2 Å². The molecule has 1 rings (SSSR count). The highest BCUT2D eigenvalue weighted by Gasteiger charge is 2.13. The first kappa shape index (κ1) is 16.8. The summed E-state index contributed by atoms with van der Waals surface area (Å²) in [6, 6.07) is 6.01. The number of nitriles is 1. The van der Waals surface area contributed by atoms with Crippen molar-refractivity contribution in [3.05, 3.63) is 28.8 Å². The Hall–Kier alpha value is -2.26. The van der Waals surface area contributed by atoms with E-state index in [-0.39, 0.29) is 23.9 Å². The number of hydrogen-bond donors (Lipinski definition) is 3. The van der Waals surface area contributed by atoms with Gasteiger partial charge in [-0.25, -0.2) is 4.79 Å². The molecule has 3 N–H and O–H groups in total. The Morgan fingerprint density at radius 3 is 2.71 bits per heavy atom. The van der Waals surface area contributed by atoms with Crippen LogP contribution in [0.2, 0.25) is 5.02 Å². The van der Waals surface area contributed by atoms with E-state index in [2.05, 4.69) is 10.6 Å². The van der Waals surface area contributed by atoms with E-state index in [1.165, 1.54) is 12.1 Å². The molecule has 1 aromatic carbocycles. The van der Waals surface area contributed by atoms with Crippen LogP contribution in [0.25, 0.3) is 0 Å². The Morgan fingerprint density at radius 2 is 2.19 bits per heavy atom. The lowest BCUT2D eigenvalue weighted by molar-refractivity contribution is -0.138. The quantitative estimate of drug-likeness (QED) is 0.751. The number of hydrogen-bond acceptors (Lipinski definition) is 3. The van der Waals surface area contributed by atoms with Crippen molar-refractivity contribution in [2.45, 2.75) is 19.8 Å². The summed E-state index contributed by atoms with van der Waals surface area (Å²) in [5.41, 5.74) is 0.790. The molecule has 0 spiro atoms. The number of benzene rings is 1. The SMILES string of the molecule is CCC(CNC(=O)Nc1ccc(C#N)cc1Cl)CC(=O)O. The minimum absolute atomic E-state index is 0.00834. The average Bonchev–Trinajstić information content (AvgIpc) is 2.45. The fourth-order valence-electron chi connectivity index (χ4n) is 1.70. The Morgan fingerprint density at radius 1 is 1.48 bits per heavy atom. The zero-order valence-electron chi connectivity index (χ0n) is 11.5. The lowest BCUT2D eigenvalue weighted by Gasteiger charge is -2.14. The van der Waals surface area contributed by atoms with Crippen LogP contribution in [0.1, 0.15) is 25.3 Å². The molecule has 0 saturated heterocycles. The molecule has 7 heteroatoms. The minimum Gasteiger partial charge on any atom is -0.481 e. The van der Waals surface area contributed by atoms with Crippen molar-refractivity contribution in [1.82, 2.24) is 5.32 Å². The summed E-state index contributed by atoms with van der Waals surface area (Å²) in [6.07, 6.45) is 0.665. The maximum Gasteiger partial charge on any atom is 0.319 e. The molecule has 0 fully saturated rings. The van der Waals surface area contributed by atoms with Crippen molar-refractivity contribution in [2.24, 2.45) is 5.92 Å². The number of carbonyl (C=O) groups excluding carboxylic acids is 1. The van der Waals surface area contributed by atoms with E-state index in [0.29, 0.717) is 17.7 Å². The molecular formula is C14H16ClN3O3. The summed E-state index contributed by atoms with van der Waals surface area (Å²) in [6.45, 7) is 2.13. The third kappa shape index (κ3) is 5.71. The Balaban J connectivity index is 2.54. The minimum atomic E-state index is -0.890. The van der Waals surface area contributed by atoms with E-state index in [1.807, 2.05) is 13.0 Å². The van der Waals surface area contributed by atoms with Crippen LogP contribution in [0.3, 0.4) is 0 Å². The number of carbonyl (C=O) groups is 2. The van der Waals surface area contributed by atoms with Crippen LogP contribution in [0.4, 0.5) is 10.5 Å². The third-order valence-corrected chi connectivity index (χ3v) is 3.25. The molecule has 0 bridgehead atoms. The fraction of sp³-hybridized carbons (Fsp3) is 0.357. The summed E-state index contributed by atoms with van der Waals surface area (Å²) in [4.78, 5) is 22.4. The van der Waals surface area contributed by atoms with Gasteiger partial charge in [0.15, 0.2) is 0 Å². The number of urea groups is 1. The molecule has 0 aromatic heterocycles. The van der Waals surface area contributed by atoms with Crippen molar-refractivity contribution < 1.29 is 14.7 Å². The van der Waals surface area contributed by atoms with Crippen LogP contribution < -0.4 is 10.6 Å². The van der Waals surface area contributed by atoms with E-state index in [0.717, 1.165) is 0 Å². The number of halogens is 1. The number of anilines is 1. The van der Waals surface area contributed by atoms with Gasteiger partial charge in [-0.2, -0.15) is 5.26 Å². The predicted molar refractivity (Wildman–Crippen MR) is 79.2 cm³/mol. The molecule has 2 amide bonds. The molecule has 1 aromatic rings. The van der Waals surface area contributed by atoms with Crippen LogP contribution in [-0.4, -0.2) is 23.7 Å². The molecule has 112 valence electrons. The Kier molecular flexibility index (Phi) is 6.50. The average molecular weight is 310 g/mol. The Labute approximate surface area is 127 Å². The largest absolute Gasteiger partial charge is 0.481 e. The standard InChI is InChI=1S/C14H16ClN3O3/c1-2-9(6-13(19)20)8-17-14(21)18-12-4-3-10(7-16)5-11(12)15/h3-5,9H,2,6,8H2,1H3,(H,19,20)(H2,17,18,21). The topological polar surface area (TPSA) is 102 Å². The van der Waals surface area contributed by atoms with Crippen LogP contribution in [0.5, 0.6) is 0 Å². The molecule has 6 nitrogen and oxygen atoms in total. The maximum absolute atomic E-state index is 11.7. The lowest BCUT2D eigenvalue weighted by atomic mass is 10.0. The molecule has 1 unspecified atom stereocenters. The third-order valence-electron chi connectivity index (χ3n) is 2.94. The second kappa shape index (κ2) is 8.12. The number of nitrogens with zero attached hydrogens (tertiary/aromatic N) is 1. The van der Waals surface area contributed by atoms with Gasteiger partial charge in [-0.05, 0) is 24.1 Å². The second-order valence-electron chi connectivity index (χ2n) is 4.51. The smallest absolute Gasteiger partial charge is 0.319 e. The Bertz CT molecular complexity index is 569. The van der Waals surface area contributed by atoms with Crippen LogP contribution in [-0.2, 0) is 4.79 Å². The van der Waals surface area contributed by atoms with E-state index >= 15 is 0 Å². The van der Waals surface area contributed by atoms with Gasteiger partial charge in [-0.3, -0.25) is 4.79 Å². The number of carboxylic acid groups (broad SMARTS) is 1. The number of amides is 2. The highest BCUT2D eigenvalue weighted by atomic mass is 35.5. The first-order valence-electron chi connectivity index (χ1n) is 6.42. The molecule has 1 atom stereocenters. The van der Waals surface area contributed by atoms with Gasteiger partial charge in [0.2, 0.25) is 0 Å². The second-order valence-corrected chi connectivity index (χ2v) is 4.92. The van der Waals surface area contributed by atoms with E-state index in [1.54, 1.807) is 6.07 Å². The fourth-order valence-corrected chi connectivity index (χ4v) is 1.93. The molecule has 0 saturated carbocycles. The van der Waals surface area contributed by atoms with Gasteiger partial charge in [-0.15, -0.1) is 0 Å². The molecule has 0 heterocycles. The number of carboxylic acids is 1. The molecule has 0 aliphatic rings. The molecule has 21 heavy (non-hydrogen) atoms. The van der Waals surface area contributed by atoms with Gasteiger partial charge in [0.25, 0.3) is 0 Å². The molecule has 0 aliphatic heterocycles. The monoisotopic (exact) mass is 309 g/mol. The first-order chi connectivity index (χ1) is 9.96. The number of rotatable bonds is 6. The zero-order chi connectivity index (χ0) is 15.8. The molecule has 0 radical (unpaired) electrons. The van der Waals surface area contributed by atoms with Crippen LogP contribution >= 0.6 is 11.6 Å². The van der Waals surface area contributed by atoms with Gasteiger partial charge in [-0.1, -0.05) is 24.9 Å².